The SMILES string of the molecule is CCNCC(O)Cc1ccc(SCc2ccc(Cl)cc2Cl)cc1. The molecule has 2 aromatic carbocycles. The molecule has 2 rings (SSSR count). The van der Waals surface area contributed by atoms with Crippen LogP contribution in [0.5, 0.6) is 0 Å². The molecule has 23 heavy (non-hydrogen) atoms. The molecular formula is C18H21Cl2NOS. The highest BCUT2D eigenvalue weighted by atomic mass is 35.5. The number of benzene rings is 2. The minimum atomic E-state index is -0.346. The molecule has 5 heteroatoms. The van der Waals surface area contributed by atoms with E-state index in [0.29, 0.717) is 23.0 Å². The molecule has 2 nitrogen and oxygen atoms in total. The fourth-order valence-corrected chi connectivity index (χ4v) is 3.63. The van der Waals surface area contributed by atoms with Crippen molar-refractivity contribution >= 4 is 35.0 Å². The van der Waals surface area contributed by atoms with Gasteiger partial charge >= 0.3 is 0 Å². The van der Waals surface area contributed by atoms with Gasteiger partial charge in [-0.15, -0.1) is 11.8 Å². The van der Waals surface area contributed by atoms with Crippen molar-refractivity contribution < 1.29 is 5.11 Å². The van der Waals surface area contributed by atoms with E-state index < -0.39 is 0 Å². The number of aliphatic hydroxyl groups is 1. The summed E-state index contributed by atoms with van der Waals surface area (Å²) in [5, 5.41) is 14.4. The normalized spacial score (nSPS) is 12.3. The summed E-state index contributed by atoms with van der Waals surface area (Å²) in [5.74, 6) is 0.804. The van der Waals surface area contributed by atoms with E-state index >= 15 is 0 Å². The molecule has 0 aliphatic carbocycles. The van der Waals surface area contributed by atoms with Gasteiger partial charge < -0.3 is 10.4 Å². The lowest BCUT2D eigenvalue weighted by atomic mass is 10.1. The number of hydrogen-bond acceptors (Lipinski definition) is 3. The molecule has 0 aliphatic rings. The lowest BCUT2D eigenvalue weighted by Crippen LogP contribution is -2.28. The number of hydrogen-bond donors (Lipinski definition) is 2. The van der Waals surface area contributed by atoms with Gasteiger partial charge in [-0.25, -0.2) is 0 Å². The second kappa shape index (κ2) is 9.55. The Balaban J connectivity index is 1.87. The zero-order chi connectivity index (χ0) is 16.7. The van der Waals surface area contributed by atoms with Crippen LogP contribution in [0, 0.1) is 0 Å². The number of rotatable bonds is 8. The predicted octanol–water partition coefficient (Wildman–Crippen LogP) is 4.80. The fraction of sp³-hybridized carbons (Fsp3) is 0.333. The van der Waals surface area contributed by atoms with Crippen LogP contribution in [-0.2, 0) is 12.2 Å². The zero-order valence-electron chi connectivity index (χ0n) is 13.1. The van der Waals surface area contributed by atoms with Gasteiger partial charge in [-0.3, -0.25) is 0 Å². The summed E-state index contributed by atoms with van der Waals surface area (Å²) in [7, 11) is 0. The molecule has 0 radical (unpaired) electrons. The van der Waals surface area contributed by atoms with Gasteiger partial charge in [-0.05, 0) is 48.4 Å². The van der Waals surface area contributed by atoms with Gasteiger partial charge in [0.15, 0.2) is 0 Å². The van der Waals surface area contributed by atoms with E-state index in [2.05, 4.69) is 29.6 Å². The van der Waals surface area contributed by atoms with Crippen molar-refractivity contribution in [1.82, 2.24) is 5.32 Å². The van der Waals surface area contributed by atoms with Crippen LogP contribution in [-0.4, -0.2) is 24.3 Å². The first-order valence-corrected chi connectivity index (χ1v) is 9.37. The number of halogens is 2. The largest absolute Gasteiger partial charge is 0.391 e. The van der Waals surface area contributed by atoms with E-state index in [1.165, 1.54) is 4.90 Å². The Morgan fingerprint density at radius 1 is 1.13 bits per heavy atom. The third-order valence-electron chi connectivity index (χ3n) is 3.43. The van der Waals surface area contributed by atoms with Crippen LogP contribution in [0.25, 0.3) is 0 Å². The van der Waals surface area contributed by atoms with Crippen molar-refractivity contribution in [3.05, 3.63) is 63.6 Å². The fourth-order valence-electron chi connectivity index (χ4n) is 2.18. The molecule has 2 N–H and O–H groups in total. The summed E-state index contributed by atoms with van der Waals surface area (Å²) in [6.45, 7) is 3.54. The number of likely N-dealkylation sites (N-methyl/N-ethyl adjacent to an activating group) is 1. The minimum Gasteiger partial charge on any atom is -0.391 e. The molecule has 0 heterocycles. The standard InChI is InChI=1S/C18H21Cl2NOS/c1-2-21-11-16(22)9-13-3-7-17(8-4-13)23-12-14-5-6-15(19)10-18(14)20/h3-8,10,16,21-22H,2,9,11-12H2,1H3. The van der Waals surface area contributed by atoms with Gasteiger partial charge in [0.1, 0.15) is 0 Å². The van der Waals surface area contributed by atoms with Gasteiger partial charge in [0.05, 0.1) is 6.10 Å². The third-order valence-corrected chi connectivity index (χ3v) is 5.08. The number of aliphatic hydroxyl groups excluding tert-OH is 1. The first kappa shape index (κ1) is 18.6. The number of nitrogens with one attached hydrogen (secondary N) is 1. The maximum atomic E-state index is 9.91. The predicted molar refractivity (Wildman–Crippen MR) is 101 cm³/mol. The Morgan fingerprint density at radius 2 is 1.87 bits per heavy atom. The Kier molecular flexibility index (Phi) is 7.74. The van der Waals surface area contributed by atoms with E-state index in [4.69, 9.17) is 23.2 Å². The van der Waals surface area contributed by atoms with E-state index in [0.717, 1.165) is 23.4 Å². The summed E-state index contributed by atoms with van der Waals surface area (Å²) < 4.78 is 0. The van der Waals surface area contributed by atoms with Gasteiger partial charge in [0.2, 0.25) is 0 Å². The van der Waals surface area contributed by atoms with E-state index in [1.54, 1.807) is 17.8 Å². The molecule has 0 saturated heterocycles. The Labute approximate surface area is 152 Å². The van der Waals surface area contributed by atoms with Crippen LogP contribution >= 0.6 is 35.0 Å². The van der Waals surface area contributed by atoms with Crippen LogP contribution in [0.2, 0.25) is 10.0 Å². The molecule has 1 atom stereocenters. The van der Waals surface area contributed by atoms with Crippen LogP contribution < -0.4 is 5.32 Å². The molecule has 0 aliphatic heterocycles. The Bertz CT molecular complexity index is 619. The van der Waals surface area contributed by atoms with Crippen molar-refractivity contribution in [2.75, 3.05) is 13.1 Å². The van der Waals surface area contributed by atoms with E-state index in [-0.39, 0.29) is 6.10 Å². The maximum Gasteiger partial charge on any atom is 0.0704 e. The molecule has 0 aromatic heterocycles. The van der Waals surface area contributed by atoms with Crippen LogP contribution in [0.15, 0.2) is 47.4 Å². The van der Waals surface area contributed by atoms with Crippen molar-refractivity contribution in [2.45, 2.75) is 30.1 Å². The highest BCUT2D eigenvalue weighted by Gasteiger charge is 2.06. The maximum absolute atomic E-state index is 9.91. The first-order chi connectivity index (χ1) is 11.1. The van der Waals surface area contributed by atoms with Crippen LogP contribution in [0.1, 0.15) is 18.1 Å². The second-order valence-electron chi connectivity index (χ2n) is 5.33. The Hall–Kier alpha value is -0.710. The average molecular weight is 370 g/mol. The summed E-state index contributed by atoms with van der Waals surface area (Å²) in [6, 6.07) is 13.9. The molecule has 0 amide bonds. The van der Waals surface area contributed by atoms with Crippen molar-refractivity contribution in [3.63, 3.8) is 0 Å². The Morgan fingerprint density at radius 3 is 2.52 bits per heavy atom. The zero-order valence-corrected chi connectivity index (χ0v) is 15.4. The topological polar surface area (TPSA) is 32.3 Å². The van der Waals surface area contributed by atoms with Gasteiger partial charge in [0.25, 0.3) is 0 Å². The lowest BCUT2D eigenvalue weighted by molar-refractivity contribution is 0.172. The lowest BCUT2D eigenvalue weighted by Gasteiger charge is -2.11. The van der Waals surface area contributed by atoms with Crippen molar-refractivity contribution in [3.8, 4) is 0 Å². The highest BCUT2D eigenvalue weighted by Crippen LogP contribution is 2.28. The van der Waals surface area contributed by atoms with Gasteiger partial charge in [-0.1, -0.05) is 48.3 Å². The monoisotopic (exact) mass is 369 g/mol. The van der Waals surface area contributed by atoms with Crippen molar-refractivity contribution in [1.29, 1.82) is 0 Å². The van der Waals surface area contributed by atoms with E-state index in [9.17, 15) is 5.11 Å². The summed E-state index contributed by atoms with van der Waals surface area (Å²) >= 11 is 13.8. The van der Waals surface area contributed by atoms with E-state index in [1.807, 2.05) is 19.1 Å². The summed E-state index contributed by atoms with van der Waals surface area (Å²) in [4.78, 5) is 1.18. The second-order valence-corrected chi connectivity index (χ2v) is 7.23. The highest BCUT2D eigenvalue weighted by molar-refractivity contribution is 7.98. The molecule has 124 valence electrons. The molecule has 2 aromatic rings. The minimum absolute atomic E-state index is 0.346. The molecule has 0 bridgehead atoms. The van der Waals surface area contributed by atoms with Crippen LogP contribution in [0.3, 0.4) is 0 Å². The first-order valence-electron chi connectivity index (χ1n) is 7.63. The quantitative estimate of drug-likeness (QED) is 0.655. The average Bonchev–Trinajstić information content (AvgIpc) is 2.53. The smallest absolute Gasteiger partial charge is 0.0704 e. The van der Waals surface area contributed by atoms with Gasteiger partial charge in [0, 0.05) is 27.2 Å². The molecule has 0 saturated carbocycles. The van der Waals surface area contributed by atoms with Crippen molar-refractivity contribution in [2.24, 2.45) is 0 Å². The molecule has 0 spiro atoms. The van der Waals surface area contributed by atoms with Gasteiger partial charge in [-0.2, -0.15) is 0 Å². The number of thioether (sulfide) groups is 1. The molecule has 1 unspecified atom stereocenters. The third kappa shape index (κ3) is 6.36. The summed E-state index contributed by atoms with van der Waals surface area (Å²) in [5.41, 5.74) is 2.22. The summed E-state index contributed by atoms with van der Waals surface area (Å²) in [6.07, 6.45) is 0.322. The molecule has 0 fully saturated rings. The molecular weight excluding hydrogens is 349 g/mol. The van der Waals surface area contributed by atoms with Crippen LogP contribution in [0.4, 0.5) is 0 Å².